The second kappa shape index (κ2) is 25.2. The Morgan fingerprint density at radius 2 is 0.237 bits per heavy atom. The maximum Gasteiger partial charge on any atom is 1.00 e. The fourth-order valence-electron chi connectivity index (χ4n) is 6.54. The molecule has 0 bridgehead atoms. The van der Waals surface area contributed by atoms with Crippen LogP contribution in [0.25, 0.3) is 0 Å². The van der Waals surface area contributed by atoms with Crippen LogP contribution in [0, 0.1) is 0 Å². The van der Waals surface area contributed by atoms with Crippen LogP contribution in [0.4, 0.5) is 0 Å². The minimum atomic E-state index is -0.446. The van der Waals surface area contributed by atoms with E-state index in [1.54, 1.807) is 0 Å². The van der Waals surface area contributed by atoms with Crippen LogP contribution in [-0.2, 0) is 0 Å². The average Bonchev–Trinajstić information content (AvgIpc) is 3.30. The minimum Gasteiger partial charge on any atom is -1.00 e. The van der Waals surface area contributed by atoms with Gasteiger partial charge in [0.1, 0.15) is 0 Å². The van der Waals surface area contributed by atoms with Crippen LogP contribution >= 0.6 is 23.8 Å². The number of halogens is 1. The molecule has 0 spiro atoms. The topological polar surface area (TPSA) is 0 Å². The van der Waals surface area contributed by atoms with Crippen LogP contribution in [0.1, 0.15) is 0 Å². The zero-order valence-corrected chi connectivity index (χ0v) is 38.6. The van der Waals surface area contributed by atoms with Crippen molar-refractivity contribution in [3.05, 3.63) is 273 Å². The Bertz CT molecular complexity index is 1870. The first kappa shape index (κ1) is 45.6. The summed E-state index contributed by atoms with van der Waals surface area (Å²) in [6.07, 6.45) is 0. The zero-order chi connectivity index (χ0) is 38.7. The first-order valence-electron chi connectivity index (χ1n) is 19.2. The third-order valence-corrected chi connectivity index (χ3v) is 16.5. The fourth-order valence-corrected chi connectivity index (χ4v) is 13.5. The standard InChI is InChI=1S/3C18H15P.ClH.Na/c3*1-4-10-16(11-5-1)19(17-12-6-2-7-13-17)18-14-8-3-9-15-18;;/h3*1-15H;1H;/q;;;;+1/p-1. The maximum absolute atomic E-state index is 2.23. The Kier molecular flexibility index (Phi) is 19.5. The summed E-state index contributed by atoms with van der Waals surface area (Å²) in [6, 6.07) is 97.0. The normalized spacial score (nSPS) is 10.2. The molecule has 0 saturated carbocycles. The van der Waals surface area contributed by atoms with Crippen LogP contribution < -0.4 is 89.7 Å². The summed E-state index contributed by atoms with van der Waals surface area (Å²) in [5.74, 6) is 0. The second-order valence-electron chi connectivity index (χ2n) is 13.0. The molecule has 9 rings (SSSR count). The van der Waals surface area contributed by atoms with E-state index >= 15 is 0 Å². The molecule has 0 radical (unpaired) electrons. The van der Waals surface area contributed by atoms with Gasteiger partial charge in [-0.15, -0.1) is 0 Å². The van der Waals surface area contributed by atoms with Gasteiger partial charge >= 0.3 is 29.6 Å². The van der Waals surface area contributed by atoms with Gasteiger partial charge in [-0.25, -0.2) is 0 Å². The van der Waals surface area contributed by atoms with E-state index < -0.39 is 23.8 Å². The van der Waals surface area contributed by atoms with Crippen molar-refractivity contribution in [2.75, 3.05) is 0 Å². The van der Waals surface area contributed by atoms with Gasteiger partial charge in [0.25, 0.3) is 0 Å². The Labute approximate surface area is 383 Å². The molecule has 0 unspecified atom stereocenters. The van der Waals surface area contributed by atoms with Gasteiger partial charge < -0.3 is 12.4 Å². The first-order chi connectivity index (χ1) is 28.3. The Balaban J connectivity index is 0.000000165. The predicted octanol–water partition coefficient (Wildman–Crippen LogP) is 4.34. The van der Waals surface area contributed by atoms with E-state index in [1.807, 2.05) is 0 Å². The van der Waals surface area contributed by atoms with E-state index in [0.717, 1.165) is 0 Å². The van der Waals surface area contributed by atoms with Crippen LogP contribution in [0.15, 0.2) is 273 Å². The molecule has 0 nitrogen and oxygen atoms in total. The third-order valence-electron chi connectivity index (χ3n) is 9.13. The molecule has 0 aliphatic carbocycles. The number of benzene rings is 9. The van der Waals surface area contributed by atoms with Crippen molar-refractivity contribution in [2.45, 2.75) is 0 Å². The van der Waals surface area contributed by atoms with Crippen LogP contribution in [0.3, 0.4) is 0 Å². The first-order valence-corrected chi connectivity index (χ1v) is 23.2. The van der Waals surface area contributed by atoms with Gasteiger partial charge in [-0.2, -0.15) is 0 Å². The number of hydrogen-bond donors (Lipinski definition) is 0. The van der Waals surface area contributed by atoms with Crippen molar-refractivity contribution >= 4 is 71.5 Å². The molecule has 0 fully saturated rings. The summed E-state index contributed by atoms with van der Waals surface area (Å²) in [7, 11) is -1.34. The van der Waals surface area contributed by atoms with Crippen molar-refractivity contribution in [3.8, 4) is 0 Å². The van der Waals surface area contributed by atoms with Crippen LogP contribution in [0.2, 0.25) is 0 Å². The van der Waals surface area contributed by atoms with Crippen LogP contribution in [0.5, 0.6) is 0 Å². The van der Waals surface area contributed by atoms with Crippen molar-refractivity contribution in [1.29, 1.82) is 0 Å². The molecule has 0 aliphatic rings. The average molecular weight is 845 g/mol. The van der Waals surface area contributed by atoms with Crippen molar-refractivity contribution in [2.24, 2.45) is 0 Å². The summed E-state index contributed by atoms with van der Waals surface area (Å²) < 4.78 is 0. The minimum absolute atomic E-state index is 0. The van der Waals surface area contributed by atoms with Crippen molar-refractivity contribution in [3.63, 3.8) is 0 Å². The SMILES string of the molecule is [Cl-].[Na+].c1ccc(P(c2ccccc2)c2ccccc2)cc1.c1ccc(P(c2ccccc2)c2ccccc2)cc1.c1ccc(P(c2ccccc2)c2ccccc2)cc1. The van der Waals surface area contributed by atoms with Gasteiger partial charge in [-0.1, -0.05) is 273 Å². The van der Waals surface area contributed by atoms with Crippen molar-refractivity contribution < 1.29 is 42.0 Å². The van der Waals surface area contributed by atoms with Crippen molar-refractivity contribution in [1.82, 2.24) is 0 Å². The largest absolute Gasteiger partial charge is 1.00 e. The Hall–Kier alpha value is -4.44. The molecule has 0 N–H and O–H groups in total. The molecular weight excluding hydrogens is 800 g/mol. The van der Waals surface area contributed by atoms with E-state index in [4.69, 9.17) is 0 Å². The Morgan fingerprint density at radius 1 is 0.153 bits per heavy atom. The summed E-state index contributed by atoms with van der Waals surface area (Å²) in [5, 5.41) is 12.6. The molecule has 59 heavy (non-hydrogen) atoms. The molecule has 9 aromatic carbocycles. The zero-order valence-electron chi connectivity index (χ0n) is 33.2. The summed E-state index contributed by atoms with van der Waals surface area (Å²) in [5.41, 5.74) is 0. The van der Waals surface area contributed by atoms with Gasteiger partial charge in [0.15, 0.2) is 0 Å². The number of rotatable bonds is 9. The molecule has 0 saturated heterocycles. The summed E-state index contributed by atoms with van der Waals surface area (Å²) in [6.45, 7) is 0. The van der Waals surface area contributed by atoms with Gasteiger partial charge in [0, 0.05) is 0 Å². The van der Waals surface area contributed by atoms with E-state index in [0.29, 0.717) is 0 Å². The monoisotopic (exact) mass is 844 g/mol. The molecule has 0 aliphatic heterocycles. The molecule has 5 heteroatoms. The molecular formula is C54H45ClNaP3. The summed E-state index contributed by atoms with van der Waals surface area (Å²) in [4.78, 5) is 0. The molecule has 0 atom stereocenters. The van der Waals surface area contributed by atoms with E-state index in [-0.39, 0.29) is 42.0 Å². The predicted molar refractivity (Wildman–Crippen MR) is 255 cm³/mol. The van der Waals surface area contributed by atoms with E-state index in [9.17, 15) is 0 Å². The molecule has 284 valence electrons. The smallest absolute Gasteiger partial charge is 1.00 e. The van der Waals surface area contributed by atoms with Gasteiger partial charge in [-0.05, 0) is 71.5 Å². The van der Waals surface area contributed by atoms with Gasteiger partial charge in [0.2, 0.25) is 0 Å². The summed E-state index contributed by atoms with van der Waals surface area (Å²) >= 11 is 0. The molecule has 0 amide bonds. The molecule has 9 aromatic rings. The molecule has 0 aromatic heterocycles. The third kappa shape index (κ3) is 13.3. The Morgan fingerprint density at radius 3 is 0.322 bits per heavy atom. The van der Waals surface area contributed by atoms with Gasteiger partial charge in [-0.3, -0.25) is 0 Å². The fraction of sp³-hybridized carbons (Fsp3) is 0. The van der Waals surface area contributed by atoms with E-state index in [1.165, 1.54) is 47.7 Å². The van der Waals surface area contributed by atoms with E-state index in [2.05, 4.69) is 273 Å². The number of hydrogen-bond acceptors (Lipinski definition) is 0. The maximum atomic E-state index is 2.23. The quantitative estimate of drug-likeness (QED) is 0.150. The molecule has 0 heterocycles. The second-order valence-corrected chi connectivity index (χ2v) is 19.7. The van der Waals surface area contributed by atoms with Crippen LogP contribution in [-0.4, -0.2) is 0 Å². The van der Waals surface area contributed by atoms with Gasteiger partial charge in [0.05, 0.1) is 0 Å².